The highest BCUT2D eigenvalue weighted by atomic mass is 35.5. The summed E-state index contributed by atoms with van der Waals surface area (Å²) >= 11 is 6.31. The van der Waals surface area contributed by atoms with Crippen LogP contribution in [0.15, 0.2) is 107 Å². The van der Waals surface area contributed by atoms with Gasteiger partial charge in [0.15, 0.2) is 0 Å². The van der Waals surface area contributed by atoms with Gasteiger partial charge in [0.25, 0.3) is 5.91 Å². The number of benzene rings is 4. The van der Waals surface area contributed by atoms with Gasteiger partial charge in [-0.3, -0.25) is 9.59 Å². The summed E-state index contributed by atoms with van der Waals surface area (Å²) in [7, 11) is -3.95. The Morgan fingerprint density at radius 1 is 0.795 bits per heavy atom. The van der Waals surface area contributed by atoms with Gasteiger partial charge in [0.2, 0.25) is 15.7 Å². The Kier molecular flexibility index (Phi) is 9.01. The van der Waals surface area contributed by atoms with E-state index >= 15 is 0 Å². The van der Waals surface area contributed by atoms with Crippen molar-refractivity contribution in [1.29, 1.82) is 0 Å². The van der Waals surface area contributed by atoms with E-state index < -0.39 is 15.7 Å². The van der Waals surface area contributed by atoms with E-state index in [1.165, 1.54) is 18.2 Å². The quantitative estimate of drug-likeness (QED) is 0.237. The fourth-order valence-corrected chi connectivity index (χ4v) is 5.94. The van der Waals surface area contributed by atoms with Crippen LogP contribution in [0.4, 0.5) is 11.4 Å². The van der Waals surface area contributed by atoms with Crippen molar-refractivity contribution < 1.29 is 18.0 Å². The van der Waals surface area contributed by atoms with Crippen molar-refractivity contribution in [3.63, 3.8) is 0 Å². The highest BCUT2D eigenvalue weighted by molar-refractivity contribution is 7.91. The zero-order valence-electron chi connectivity index (χ0n) is 21.3. The first-order valence-electron chi connectivity index (χ1n) is 12.3. The number of para-hydroxylation sites is 1. The standard InChI is InChI=1S/C30H28ClN3O4S/c1-21-14-16-23(17-15-21)39(37,38)29-25(31)11-7-13-27(29)33-20-28(35)34-26-12-6-5-10-24(26)30(36)32-19-18-22-8-3-2-4-9-22/h2-17,33H,18-20H2,1H3,(H,32,36)(H,34,35). The summed E-state index contributed by atoms with van der Waals surface area (Å²) in [5.41, 5.74) is 2.90. The monoisotopic (exact) mass is 561 g/mol. The molecule has 0 radical (unpaired) electrons. The minimum Gasteiger partial charge on any atom is -0.375 e. The number of carbonyl (C=O) groups is 2. The van der Waals surface area contributed by atoms with Gasteiger partial charge < -0.3 is 16.0 Å². The average Bonchev–Trinajstić information content (AvgIpc) is 2.93. The lowest BCUT2D eigenvalue weighted by Crippen LogP contribution is -2.28. The van der Waals surface area contributed by atoms with Crippen molar-refractivity contribution in [1.82, 2.24) is 5.32 Å². The normalized spacial score (nSPS) is 11.0. The van der Waals surface area contributed by atoms with Gasteiger partial charge in [-0.1, -0.05) is 77.8 Å². The van der Waals surface area contributed by atoms with Crippen LogP contribution in [-0.4, -0.2) is 33.3 Å². The Morgan fingerprint density at radius 3 is 2.21 bits per heavy atom. The Morgan fingerprint density at radius 2 is 1.46 bits per heavy atom. The second kappa shape index (κ2) is 12.6. The summed E-state index contributed by atoms with van der Waals surface area (Å²) in [4.78, 5) is 25.6. The topological polar surface area (TPSA) is 104 Å². The van der Waals surface area contributed by atoms with Crippen molar-refractivity contribution in [2.45, 2.75) is 23.1 Å². The lowest BCUT2D eigenvalue weighted by molar-refractivity contribution is -0.114. The molecule has 0 spiro atoms. The largest absolute Gasteiger partial charge is 0.375 e. The first-order valence-corrected chi connectivity index (χ1v) is 14.2. The zero-order valence-corrected chi connectivity index (χ0v) is 22.9. The summed E-state index contributed by atoms with van der Waals surface area (Å²) < 4.78 is 26.7. The predicted octanol–water partition coefficient (Wildman–Crippen LogP) is 5.50. The summed E-state index contributed by atoms with van der Waals surface area (Å²) in [5, 5.41) is 8.54. The molecule has 0 bridgehead atoms. The van der Waals surface area contributed by atoms with Crippen LogP contribution >= 0.6 is 11.6 Å². The maximum absolute atomic E-state index is 13.3. The third-order valence-electron chi connectivity index (χ3n) is 5.99. The fraction of sp³-hybridized carbons (Fsp3) is 0.133. The van der Waals surface area contributed by atoms with Crippen molar-refractivity contribution in [2.24, 2.45) is 0 Å². The Hall–Kier alpha value is -4.14. The molecule has 0 aliphatic rings. The van der Waals surface area contributed by atoms with Crippen molar-refractivity contribution in [2.75, 3.05) is 23.7 Å². The van der Waals surface area contributed by atoms with Gasteiger partial charge in [-0.2, -0.15) is 0 Å². The Labute approximate surface area is 233 Å². The fourth-order valence-electron chi connectivity index (χ4n) is 3.98. The van der Waals surface area contributed by atoms with Crippen LogP contribution in [0.1, 0.15) is 21.5 Å². The van der Waals surface area contributed by atoms with E-state index in [1.807, 2.05) is 37.3 Å². The van der Waals surface area contributed by atoms with E-state index in [0.29, 0.717) is 24.2 Å². The van der Waals surface area contributed by atoms with E-state index in [4.69, 9.17) is 11.6 Å². The van der Waals surface area contributed by atoms with Crippen LogP contribution < -0.4 is 16.0 Å². The second-order valence-corrected chi connectivity index (χ2v) is 11.2. The molecule has 4 rings (SSSR count). The first-order chi connectivity index (χ1) is 18.8. The van der Waals surface area contributed by atoms with E-state index in [9.17, 15) is 18.0 Å². The molecule has 9 heteroatoms. The molecule has 0 unspecified atom stereocenters. The number of nitrogens with one attached hydrogen (secondary N) is 3. The smallest absolute Gasteiger partial charge is 0.253 e. The molecular formula is C30H28ClN3O4S. The molecular weight excluding hydrogens is 534 g/mol. The minimum atomic E-state index is -3.95. The molecule has 39 heavy (non-hydrogen) atoms. The zero-order chi connectivity index (χ0) is 27.8. The second-order valence-electron chi connectivity index (χ2n) is 8.87. The number of sulfone groups is 1. The van der Waals surface area contributed by atoms with E-state index in [-0.39, 0.29) is 33.0 Å². The van der Waals surface area contributed by atoms with Crippen LogP contribution in [-0.2, 0) is 21.1 Å². The summed E-state index contributed by atoms with van der Waals surface area (Å²) in [5.74, 6) is -0.769. The van der Waals surface area contributed by atoms with Gasteiger partial charge in [-0.25, -0.2) is 8.42 Å². The predicted molar refractivity (Wildman–Crippen MR) is 154 cm³/mol. The molecule has 4 aromatic carbocycles. The molecule has 0 aliphatic heterocycles. The maximum atomic E-state index is 13.3. The molecule has 0 saturated carbocycles. The molecule has 0 saturated heterocycles. The number of hydrogen-bond acceptors (Lipinski definition) is 5. The number of amides is 2. The number of halogens is 1. The van der Waals surface area contributed by atoms with E-state index in [1.54, 1.807) is 48.5 Å². The molecule has 3 N–H and O–H groups in total. The highest BCUT2D eigenvalue weighted by Gasteiger charge is 2.25. The molecule has 0 heterocycles. The number of anilines is 2. The lowest BCUT2D eigenvalue weighted by atomic mass is 10.1. The minimum absolute atomic E-state index is 0.0403. The number of carbonyl (C=O) groups excluding carboxylic acids is 2. The molecule has 0 aliphatic carbocycles. The summed E-state index contributed by atoms with van der Waals surface area (Å²) in [6.45, 7) is 2.06. The molecule has 0 aromatic heterocycles. The van der Waals surface area contributed by atoms with Crippen LogP contribution in [0.25, 0.3) is 0 Å². The molecule has 2 amide bonds. The number of aryl methyl sites for hydroxylation is 1. The number of hydrogen-bond donors (Lipinski definition) is 3. The van der Waals surface area contributed by atoms with Crippen LogP contribution in [0.2, 0.25) is 5.02 Å². The molecule has 0 fully saturated rings. The van der Waals surface area contributed by atoms with Crippen molar-refractivity contribution in [3.05, 3.63) is 119 Å². The average molecular weight is 562 g/mol. The van der Waals surface area contributed by atoms with E-state index in [2.05, 4.69) is 16.0 Å². The van der Waals surface area contributed by atoms with Crippen LogP contribution in [0.5, 0.6) is 0 Å². The molecule has 200 valence electrons. The van der Waals surface area contributed by atoms with Gasteiger partial charge in [0, 0.05) is 6.54 Å². The van der Waals surface area contributed by atoms with Gasteiger partial charge in [-0.05, 0) is 55.3 Å². The summed E-state index contributed by atoms with van der Waals surface area (Å²) in [6, 6.07) is 27.6. The highest BCUT2D eigenvalue weighted by Crippen LogP contribution is 2.34. The first kappa shape index (κ1) is 27.9. The van der Waals surface area contributed by atoms with Gasteiger partial charge >= 0.3 is 0 Å². The maximum Gasteiger partial charge on any atom is 0.253 e. The number of rotatable bonds is 10. The van der Waals surface area contributed by atoms with Gasteiger partial charge in [-0.15, -0.1) is 0 Å². The third kappa shape index (κ3) is 7.04. The van der Waals surface area contributed by atoms with Crippen molar-refractivity contribution >= 4 is 44.6 Å². The molecule has 4 aromatic rings. The Bertz CT molecular complexity index is 1570. The SMILES string of the molecule is Cc1ccc(S(=O)(=O)c2c(Cl)cccc2NCC(=O)Nc2ccccc2C(=O)NCCc2ccccc2)cc1. The molecule has 0 atom stereocenters. The van der Waals surface area contributed by atoms with Crippen molar-refractivity contribution in [3.8, 4) is 0 Å². The molecule has 7 nitrogen and oxygen atoms in total. The Balaban J connectivity index is 1.43. The van der Waals surface area contributed by atoms with E-state index in [0.717, 1.165) is 11.1 Å². The summed E-state index contributed by atoms with van der Waals surface area (Å²) in [6.07, 6.45) is 0.679. The van der Waals surface area contributed by atoms with Crippen LogP contribution in [0.3, 0.4) is 0 Å². The lowest BCUT2D eigenvalue weighted by Gasteiger charge is -2.15. The third-order valence-corrected chi connectivity index (χ3v) is 8.29. The van der Waals surface area contributed by atoms with Crippen LogP contribution in [0, 0.1) is 6.92 Å². The van der Waals surface area contributed by atoms with Gasteiger partial charge in [0.1, 0.15) is 4.90 Å². The van der Waals surface area contributed by atoms with Gasteiger partial charge in [0.05, 0.1) is 33.4 Å².